The fourth-order valence-corrected chi connectivity index (χ4v) is 2.31. The van der Waals surface area contributed by atoms with Gasteiger partial charge in [0.2, 0.25) is 5.91 Å². The van der Waals surface area contributed by atoms with E-state index >= 15 is 0 Å². The predicted molar refractivity (Wildman–Crippen MR) is 83.2 cm³/mol. The molecule has 0 spiro atoms. The monoisotopic (exact) mass is 300 g/mol. The highest BCUT2D eigenvalue weighted by molar-refractivity contribution is 5.95. The Morgan fingerprint density at radius 2 is 1.86 bits per heavy atom. The van der Waals surface area contributed by atoms with Gasteiger partial charge in [-0.1, -0.05) is 30.3 Å². The maximum atomic E-state index is 12.7. The molecule has 2 rings (SSSR count). The molecule has 0 saturated carbocycles. The summed E-state index contributed by atoms with van der Waals surface area (Å²) in [6.45, 7) is 4.27. The predicted octanol–water partition coefficient (Wildman–Crippen LogP) is 2.41. The normalized spacial score (nSPS) is 10.5. The van der Waals surface area contributed by atoms with E-state index < -0.39 is 5.91 Å². The van der Waals surface area contributed by atoms with Crippen molar-refractivity contribution in [2.75, 3.05) is 6.54 Å². The molecule has 1 heterocycles. The van der Waals surface area contributed by atoms with Gasteiger partial charge in [-0.25, -0.2) is 0 Å². The fraction of sp³-hybridized carbons (Fsp3) is 0.294. The Labute approximate surface area is 129 Å². The molecule has 1 aromatic carbocycles. The Morgan fingerprint density at radius 1 is 1.18 bits per heavy atom. The molecule has 0 radical (unpaired) electrons. The number of hydrogen-bond acceptors (Lipinski definition) is 3. The van der Waals surface area contributed by atoms with Gasteiger partial charge >= 0.3 is 0 Å². The van der Waals surface area contributed by atoms with Crippen LogP contribution in [0.3, 0.4) is 0 Å². The molecule has 0 fully saturated rings. The van der Waals surface area contributed by atoms with Crippen LogP contribution in [0.25, 0.3) is 0 Å². The van der Waals surface area contributed by atoms with E-state index in [0.29, 0.717) is 23.6 Å². The molecule has 0 saturated heterocycles. The van der Waals surface area contributed by atoms with Gasteiger partial charge in [-0.05, 0) is 25.5 Å². The average molecular weight is 300 g/mol. The molecule has 0 aliphatic rings. The van der Waals surface area contributed by atoms with Crippen LogP contribution in [0.2, 0.25) is 0 Å². The fourth-order valence-electron chi connectivity index (χ4n) is 2.31. The van der Waals surface area contributed by atoms with Crippen LogP contribution in [0.15, 0.2) is 40.8 Å². The van der Waals surface area contributed by atoms with E-state index in [2.05, 4.69) is 0 Å². The van der Waals surface area contributed by atoms with Gasteiger partial charge in [0.05, 0.1) is 5.56 Å². The van der Waals surface area contributed by atoms with Crippen molar-refractivity contribution in [3.8, 4) is 0 Å². The van der Waals surface area contributed by atoms with Crippen molar-refractivity contribution < 1.29 is 14.0 Å². The summed E-state index contributed by atoms with van der Waals surface area (Å²) in [6.07, 6.45) is 0.133. The lowest BCUT2D eigenvalue weighted by atomic mass is 10.1. The Morgan fingerprint density at radius 3 is 2.41 bits per heavy atom. The van der Waals surface area contributed by atoms with Crippen LogP contribution < -0.4 is 5.73 Å². The molecule has 0 aliphatic carbocycles. The molecule has 5 heteroatoms. The first-order chi connectivity index (χ1) is 10.5. The minimum Gasteiger partial charge on any atom is -0.466 e. The topological polar surface area (TPSA) is 76.5 Å². The van der Waals surface area contributed by atoms with Crippen molar-refractivity contribution in [2.45, 2.75) is 26.8 Å². The van der Waals surface area contributed by atoms with Gasteiger partial charge in [-0.15, -0.1) is 0 Å². The Bertz CT molecular complexity index is 662. The van der Waals surface area contributed by atoms with Crippen molar-refractivity contribution in [2.24, 2.45) is 5.73 Å². The molecule has 1 aromatic heterocycles. The van der Waals surface area contributed by atoms with Crippen molar-refractivity contribution in [3.63, 3.8) is 0 Å². The van der Waals surface area contributed by atoms with E-state index in [1.54, 1.807) is 24.8 Å². The Balaban J connectivity index is 2.21. The number of benzene rings is 1. The van der Waals surface area contributed by atoms with Gasteiger partial charge in [0, 0.05) is 19.5 Å². The summed E-state index contributed by atoms with van der Waals surface area (Å²) < 4.78 is 5.42. The summed E-state index contributed by atoms with van der Waals surface area (Å²) in [5.74, 6) is 0.695. The number of amides is 2. The largest absolute Gasteiger partial charge is 0.466 e. The van der Waals surface area contributed by atoms with Gasteiger partial charge in [0.25, 0.3) is 5.91 Å². The lowest BCUT2D eigenvalue weighted by Gasteiger charge is -2.22. The molecule has 5 nitrogen and oxygen atoms in total. The van der Waals surface area contributed by atoms with Gasteiger partial charge in [0.1, 0.15) is 11.5 Å². The number of nitrogens with two attached hydrogens (primary N) is 1. The second-order valence-corrected chi connectivity index (χ2v) is 5.26. The van der Waals surface area contributed by atoms with Crippen LogP contribution in [-0.4, -0.2) is 23.3 Å². The van der Waals surface area contributed by atoms with Gasteiger partial charge in [-0.3, -0.25) is 9.59 Å². The molecular formula is C17H20N2O3. The molecule has 116 valence electrons. The van der Waals surface area contributed by atoms with Crippen LogP contribution >= 0.6 is 0 Å². The highest BCUT2D eigenvalue weighted by Crippen LogP contribution is 2.18. The number of hydrogen-bond donors (Lipinski definition) is 1. The summed E-state index contributed by atoms with van der Waals surface area (Å²) in [5.41, 5.74) is 6.74. The average Bonchev–Trinajstić information content (AvgIpc) is 2.82. The van der Waals surface area contributed by atoms with Gasteiger partial charge < -0.3 is 15.1 Å². The lowest BCUT2D eigenvalue weighted by molar-refractivity contribution is -0.118. The second kappa shape index (κ2) is 6.93. The Kier molecular flexibility index (Phi) is 4.99. The molecule has 0 aliphatic heterocycles. The minimum absolute atomic E-state index is 0.133. The van der Waals surface area contributed by atoms with Crippen LogP contribution in [-0.2, 0) is 11.3 Å². The molecule has 2 N–H and O–H groups in total. The smallest absolute Gasteiger partial charge is 0.257 e. The van der Waals surface area contributed by atoms with E-state index in [1.807, 2.05) is 30.3 Å². The first kappa shape index (κ1) is 15.8. The summed E-state index contributed by atoms with van der Waals surface area (Å²) in [7, 11) is 0. The van der Waals surface area contributed by atoms with Crippen LogP contribution in [0.4, 0.5) is 0 Å². The summed E-state index contributed by atoms with van der Waals surface area (Å²) >= 11 is 0. The number of furan rings is 1. The summed E-state index contributed by atoms with van der Waals surface area (Å²) in [6, 6.07) is 11.4. The van der Waals surface area contributed by atoms with Crippen molar-refractivity contribution in [1.82, 2.24) is 4.90 Å². The first-order valence-electron chi connectivity index (χ1n) is 7.16. The number of carbonyl (C=O) groups is 2. The SMILES string of the molecule is Cc1cc(C(=O)N(CCC(N)=O)Cc2ccccc2)c(C)o1. The van der Waals surface area contributed by atoms with Gasteiger partial charge in [0.15, 0.2) is 0 Å². The molecule has 2 aromatic rings. The number of aryl methyl sites for hydroxylation is 2. The number of rotatable bonds is 6. The molecule has 2 amide bonds. The zero-order valence-corrected chi connectivity index (χ0v) is 12.8. The lowest BCUT2D eigenvalue weighted by Crippen LogP contribution is -2.33. The van der Waals surface area contributed by atoms with Crippen molar-refractivity contribution in [1.29, 1.82) is 0 Å². The standard InChI is InChI=1S/C17H20N2O3/c1-12-10-15(13(2)22-12)17(21)19(9-8-16(18)20)11-14-6-4-3-5-7-14/h3-7,10H,8-9,11H2,1-2H3,(H2,18,20). The minimum atomic E-state index is -0.425. The molecule has 0 atom stereocenters. The molecule has 0 bridgehead atoms. The van der Waals surface area contributed by atoms with E-state index in [1.165, 1.54) is 0 Å². The van der Waals surface area contributed by atoms with Crippen LogP contribution in [0, 0.1) is 13.8 Å². The van der Waals surface area contributed by atoms with Crippen LogP contribution in [0.1, 0.15) is 33.9 Å². The molecular weight excluding hydrogens is 280 g/mol. The third-order valence-corrected chi connectivity index (χ3v) is 3.40. The second-order valence-electron chi connectivity index (χ2n) is 5.26. The number of carbonyl (C=O) groups excluding carboxylic acids is 2. The molecule has 22 heavy (non-hydrogen) atoms. The zero-order valence-electron chi connectivity index (χ0n) is 12.8. The van der Waals surface area contributed by atoms with E-state index in [9.17, 15) is 9.59 Å². The van der Waals surface area contributed by atoms with E-state index in [0.717, 1.165) is 5.56 Å². The zero-order chi connectivity index (χ0) is 16.1. The first-order valence-corrected chi connectivity index (χ1v) is 7.16. The number of primary amides is 1. The highest BCUT2D eigenvalue weighted by atomic mass is 16.3. The van der Waals surface area contributed by atoms with Gasteiger partial charge in [-0.2, -0.15) is 0 Å². The summed E-state index contributed by atoms with van der Waals surface area (Å²) in [4.78, 5) is 25.4. The quantitative estimate of drug-likeness (QED) is 0.890. The van der Waals surface area contributed by atoms with E-state index in [-0.39, 0.29) is 18.9 Å². The van der Waals surface area contributed by atoms with Crippen molar-refractivity contribution >= 4 is 11.8 Å². The number of nitrogens with zero attached hydrogens (tertiary/aromatic N) is 1. The Hall–Kier alpha value is -2.56. The third-order valence-electron chi connectivity index (χ3n) is 3.40. The van der Waals surface area contributed by atoms with Crippen molar-refractivity contribution in [3.05, 3.63) is 59.0 Å². The highest BCUT2D eigenvalue weighted by Gasteiger charge is 2.21. The van der Waals surface area contributed by atoms with E-state index in [4.69, 9.17) is 10.2 Å². The maximum absolute atomic E-state index is 12.7. The third kappa shape index (κ3) is 3.97. The maximum Gasteiger partial charge on any atom is 0.257 e. The molecule has 0 unspecified atom stereocenters. The summed E-state index contributed by atoms with van der Waals surface area (Å²) in [5, 5.41) is 0. The van der Waals surface area contributed by atoms with Crippen LogP contribution in [0.5, 0.6) is 0 Å².